The van der Waals surface area contributed by atoms with E-state index >= 15 is 0 Å². The lowest BCUT2D eigenvalue weighted by atomic mass is 10.1. The fraction of sp³-hybridized carbons (Fsp3) is 0.160. The van der Waals surface area contributed by atoms with Crippen LogP contribution in [0.1, 0.15) is 5.56 Å². The average Bonchev–Trinajstić information content (AvgIpc) is 2.88. The highest BCUT2D eigenvalue weighted by Gasteiger charge is 2.31. The number of fused-ring (bicyclic) bond motifs is 1. The molecule has 8 heteroatoms. The van der Waals surface area contributed by atoms with Crippen LogP contribution < -0.4 is 4.90 Å². The summed E-state index contributed by atoms with van der Waals surface area (Å²) in [5.74, 6) is 0.745. The minimum Gasteiger partial charge on any atom is -0.352 e. The van der Waals surface area contributed by atoms with Crippen LogP contribution >= 0.6 is 0 Å². The van der Waals surface area contributed by atoms with E-state index in [9.17, 15) is 13.7 Å². The van der Waals surface area contributed by atoms with Crippen LogP contribution in [0.15, 0.2) is 83.8 Å². The van der Waals surface area contributed by atoms with Gasteiger partial charge in [-0.05, 0) is 24.3 Å². The van der Waals surface area contributed by atoms with Crippen molar-refractivity contribution < 1.29 is 8.42 Å². The first kappa shape index (κ1) is 21.1. The number of nitriles is 1. The van der Waals surface area contributed by atoms with E-state index in [2.05, 4.69) is 4.90 Å². The Morgan fingerprint density at radius 3 is 2.06 bits per heavy atom. The van der Waals surface area contributed by atoms with Gasteiger partial charge in [0.1, 0.15) is 11.8 Å². The molecule has 0 aliphatic carbocycles. The van der Waals surface area contributed by atoms with Gasteiger partial charge in [0.05, 0.1) is 21.5 Å². The molecule has 0 radical (unpaired) electrons. The van der Waals surface area contributed by atoms with Crippen molar-refractivity contribution >= 4 is 26.9 Å². The quantitative estimate of drug-likeness (QED) is 0.466. The van der Waals surface area contributed by atoms with Crippen molar-refractivity contribution in [2.45, 2.75) is 4.90 Å². The summed E-state index contributed by atoms with van der Waals surface area (Å²) in [5, 5.41) is 9.34. The number of hydrogen-bond donors (Lipinski definition) is 0. The van der Waals surface area contributed by atoms with E-state index in [-0.39, 0.29) is 10.5 Å². The van der Waals surface area contributed by atoms with Gasteiger partial charge in [0.2, 0.25) is 10.0 Å². The number of aromatic nitrogens is 2. The van der Waals surface area contributed by atoms with Gasteiger partial charge in [0.25, 0.3) is 0 Å². The first-order valence-corrected chi connectivity index (χ1v) is 12.1. The molecule has 0 N–H and O–H groups in total. The third-order valence-corrected chi connectivity index (χ3v) is 7.72. The fourth-order valence-corrected chi connectivity index (χ4v) is 5.63. The first-order chi connectivity index (χ1) is 16.1. The molecular formula is C25H21N5O2S. The van der Waals surface area contributed by atoms with Crippen LogP contribution in [0.4, 0.5) is 5.82 Å². The third-order valence-electron chi connectivity index (χ3n) is 5.76. The Morgan fingerprint density at radius 1 is 0.758 bits per heavy atom. The Labute approximate surface area is 192 Å². The van der Waals surface area contributed by atoms with Crippen molar-refractivity contribution in [2.75, 3.05) is 31.1 Å². The van der Waals surface area contributed by atoms with E-state index < -0.39 is 10.0 Å². The van der Waals surface area contributed by atoms with Gasteiger partial charge in [-0.25, -0.2) is 18.4 Å². The van der Waals surface area contributed by atoms with Crippen LogP contribution in [0.25, 0.3) is 22.3 Å². The normalized spacial score (nSPS) is 14.8. The summed E-state index contributed by atoms with van der Waals surface area (Å²) in [6, 6.07) is 25.9. The summed E-state index contributed by atoms with van der Waals surface area (Å²) in [4.78, 5) is 11.9. The molecule has 4 aromatic rings. The SMILES string of the molecule is N#Cc1ccccc1S(=O)(=O)N1CCN(c2nc3ccccc3nc2-c2ccccc2)CC1. The summed E-state index contributed by atoms with van der Waals surface area (Å²) in [6.45, 7) is 1.54. The molecule has 1 aliphatic heterocycles. The van der Waals surface area contributed by atoms with Gasteiger partial charge in [-0.1, -0.05) is 54.6 Å². The largest absolute Gasteiger partial charge is 0.352 e. The maximum absolute atomic E-state index is 13.2. The lowest BCUT2D eigenvalue weighted by molar-refractivity contribution is 0.384. The molecule has 3 aromatic carbocycles. The van der Waals surface area contributed by atoms with E-state index in [1.54, 1.807) is 12.1 Å². The molecule has 33 heavy (non-hydrogen) atoms. The van der Waals surface area contributed by atoms with E-state index in [1.165, 1.54) is 16.4 Å². The fourth-order valence-electron chi connectivity index (χ4n) is 4.06. The maximum Gasteiger partial charge on any atom is 0.244 e. The zero-order valence-corrected chi connectivity index (χ0v) is 18.6. The number of para-hydroxylation sites is 2. The molecule has 5 rings (SSSR count). The Hall–Kier alpha value is -3.80. The molecule has 7 nitrogen and oxygen atoms in total. The zero-order chi connectivity index (χ0) is 22.8. The number of piperazine rings is 1. The van der Waals surface area contributed by atoms with Gasteiger partial charge in [-0.3, -0.25) is 0 Å². The van der Waals surface area contributed by atoms with Crippen molar-refractivity contribution in [1.82, 2.24) is 14.3 Å². The van der Waals surface area contributed by atoms with Crippen LogP contribution in [0.3, 0.4) is 0 Å². The maximum atomic E-state index is 13.2. The Morgan fingerprint density at radius 2 is 1.36 bits per heavy atom. The van der Waals surface area contributed by atoms with Crippen molar-refractivity contribution in [3.05, 3.63) is 84.4 Å². The second-order valence-electron chi connectivity index (χ2n) is 7.75. The molecule has 1 saturated heterocycles. The van der Waals surface area contributed by atoms with E-state index in [0.717, 1.165) is 28.1 Å². The first-order valence-electron chi connectivity index (χ1n) is 10.6. The second-order valence-corrected chi connectivity index (χ2v) is 9.66. The zero-order valence-electron chi connectivity index (χ0n) is 17.8. The summed E-state index contributed by atoms with van der Waals surface area (Å²) in [7, 11) is -3.76. The van der Waals surface area contributed by atoms with Crippen molar-refractivity contribution in [1.29, 1.82) is 5.26 Å². The number of anilines is 1. The number of rotatable bonds is 4. The summed E-state index contributed by atoms with van der Waals surface area (Å²) in [6.07, 6.45) is 0. The highest BCUT2D eigenvalue weighted by atomic mass is 32.2. The number of nitrogens with zero attached hydrogens (tertiary/aromatic N) is 5. The highest BCUT2D eigenvalue weighted by Crippen LogP contribution is 2.31. The topological polar surface area (TPSA) is 90.2 Å². The van der Waals surface area contributed by atoms with Crippen LogP contribution in [-0.2, 0) is 10.0 Å². The average molecular weight is 456 g/mol. The molecule has 0 saturated carbocycles. The van der Waals surface area contributed by atoms with E-state index in [1.807, 2.05) is 60.7 Å². The van der Waals surface area contributed by atoms with Gasteiger partial charge in [-0.15, -0.1) is 0 Å². The highest BCUT2D eigenvalue weighted by molar-refractivity contribution is 7.89. The van der Waals surface area contributed by atoms with Crippen molar-refractivity contribution in [3.63, 3.8) is 0 Å². The minimum absolute atomic E-state index is 0.0522. The van der Waals surface area contributed by atoms with Gasteiger partial charge in [0.15, 0.2) is 5.82 Å². The molecule has 1 fully saturated rings. The molecular weight excluding hydrogens is 434 g/mol. The van der Waals surface area contributed by atoms with E-state index in [4.69, 9.17) is 9.97 Å². The monoisotopic (exact) mass is 455 g/mol. The molecule has 0 atom stereocenters. The summed E-state index contributed by atoms with van der Waals surface area (Å²) < 4.78 is 27.8. The van der Waals surface area contributed by atoms with Crippen molar-refractivity contribution in [3.8, 4) is 17.3 Å². The molecule has 1 aromatic heterocycles. The summed E-state index contributed by atoms with van der Waals surface area (Å²) in [5.41, 5.74) is 3.51. The van der Waals surface area contributed by atoms with Crippen LogP contribution in [0.5, 0.6) is 0 Å². The number of sulfonamides is 1. The number of benzene rings is 3. The Balaban J connectivity index is 1.47. The number of hydrogen-bond acceptors (Lipinski definition) is 6. The molecule has 0 bridgehead atoms. The van der Waals surface area contributed by atoms with E-state index in [0.29, 0.717) is 26.2 Å². The predicted octanol–water partition coefficient (Wildman–Crippen LogP) is 3.68. The Kier molecular flexibility index (Phi) is 5.50. The molecule has 2 heterocycles. The third kappa shape index (κ3) is 3.93. The van der Waals surface area contributed by atoms with Crippen LogP contribution in [0.2, 0.25) is 0 Å². The van der Waals surface area contributed by atoms with Gasteiger partial charge >= 0.3 is 0 Å². The second kappa shape index (κ2) is 8.62. The lowest BCUT2D eigenvalue weighted by Gasteiger charge is -2.35. The molecule has 0 amide bonds. The smallest absolute Gasteiger partial charge is 0.244 e. The standard InChI is InChI=1S/C25H21N5O2S/c26-18-20-10-4-7-13-23(20)33(31,32)30-16-14-29(15-17-30)25-24(19-8-2-1-3-9-19)27-21-11-5-6-12-22(21)28-25/h1-13H,14-17H2. The van der Waals surface area contributed by atoms with Crippen LogP contribution in [0, 0.1) is 11.3 Å². The minimum atomic E-state index is -3.76. The van der Waals surface area contributed by atoms with Crippen molar-refractivity contribution in [2.24, 2.45) is 0 Å². The van der Waals surface area contributed by atoms with Gasteiger partial charge in [0, 0.05) is 31.7 Å². The van der Waals surface area contributed by atoms with Gasteiger partial charge in [-0.2, -0.15) is 9.57 Å². The Bertz CT molecular complexity index is 1460. The van der Waals surface area contributed by atoms with Crippen LogP contribution in [-0.4, -0.2) is 48.9 Å². The van der Waals surface area contributed by atoms with Gasteiger partial charge < -0.3 is 4.90 Å². The molecule has 0 unspecified atom stereocenters. The summed E-state index contributed by atoms with van der Waals surface area (Å²) >= 11 is 0. The molecule has 0 spiro atoms. The molecule has 164 valence electrons. The predicted molar refractivity (Wildman–Crippen MR) is 127 cm³/mol. The lowest BCUT2D eigenvalue weighted by Crippen LogP contribution is -2.49. The molecule has 1 aliphatic rings.